The van der Waals surface area contributed by atoms with Gasteiger partial charge in [0, 0.05) is 22.6 Å². The molecule has 1 N–H and O–H groups in total. The summed E-state index contributed by atoms with van der Waals surface area (Å²) >= 11 is 6.39. The Morgan fingerprint density at radius 2 is 2.09 bits per heavy atom. The lowest BCUT2D eigenvalue weighted by Crippen LogP contribution is -2.52. The number of alkyl halides is 1. The molecule has 0 bridgehead atoms. The summed E-state index contributed by atoms with van der Waals surface area (Å²) in [6, 6.07) is 0. The van der Waals surface area contributed by atoms with Gasteiger partial charge in [0.05, 0.1) is 6.61 Å². The summed E-state index contributed by atoms with van der Waals surface area (Å²) in [5.74, 6) is 2.18. The minimum atomic E-state index is -0.0765. The Labute approximate surface area is 138 Å². The Bertz CT molecular complexity index is 528. The van der Waals surface area contributed by atoms with Gasteiger partial charge in [0.25, 0.3) is 0 Å². The zero-order valence-corrected chi connectivity index (χ0v) is 14.2. The highest BCUT2D eigenvalue weighted by Gasteiger charge is 2.59. The number of hydrogen-bond acceptors (Lipinski definition) is 2. The van der Waals surface area contributed by atoms with E-state index in [9.17, 15) is 9.90 Å². The number of allylic oxidation sites excluding steroid dienone is 1. The molecule has 0 aromatic heterocycles. The molecule has 0 aromatic carbocycles. The molecule has 6 unspecified atom stereocenters. The van der Waals surface area contributed by atoms with Crippen LogP contribution in [-0.4, -0.2) is 22.9 Å². The first-order valence-electron chi connectivity index (χ1n) is 8.99. The van der Waals surface area contributed by atoms with Crippen molar-refractivity contribution in [3.8, 4) is 0 Å². The Morgan fingerprint density at radius 1 is 1.27 bits per heavy atom. The standard InChI is InChI=1S/C19H27ClO2/c1-18-8-7-16-14(15(18)4-5-17(18)22)3-2-12-10-13(20)6-9-19(12,16)11-21/h2,13-16,21H,3-11H2,1H3. The molecule has 0 radical (unpaired) electrons. The second kappa shape index (κ2) is 5.08. The van der Waals surface area contributed by atoms with E-state index in [1.54, 1.807) is 0 Å². The fourth-order valence-electron chi connectivity index (χ4n) is 6.48. The zero-order valence-electron chi connectivity index (χ0n) is 13.5. The second-order valence-electron chi connectivity index (χ2n) is 8.41. The number of halogens is 1. The van der Waals surface area contributed by atoms with Crippen LogP contribution in [0.25, 0.3) is 0 Å². The van der Waals surface area contributed by atoms with E-state index in [0.717, 1.165) is 51.4 Å². The summed E-state index contributed by atoms with van der Waals surface area (Å²) in [7, 11) is 0. The topological polar surface area (TPSA) is 37.3 Å². The number of aliphatic hydroxyl groups is 1. The number of ketones is 1. The molecule has 0 saturated heterocycles. The summed E-state index contributed by atoms with van der Waals surface area (Å²) in [6.45, 7) is 2.48. The summed E-state index contributed by atoms with van der Waals surface area (Å²) < 4.78 is 0. The van der Waals surface area contributed by atoms with Crippen LogP contribution in [-0.2, 0) is 4.79 Å². The average Bonchev–Trinajstić information content (AvgIpc) is 2.82. The molecular formula is C19H27ClO2. The van der Waals surface area contributed by atoms with Crippen molar-refractivity contribution in [3.05, 3.63) is 11.6 Å². The molecule has 4 rings (SSSR count). The monoisotopic (exact) mass is 322 g/mol. The maximum atomic E-state index is 12.4. The molecular weight excluding hydrogens is 296 g/mol. The van der Waals surface area contributed by atoms with Gasteiger partial charge < -0.3 is 5.11 Å². The van der Waals surface area contributed by atoms with Crippen molar-refractivity contribution < 1.29 is 9.90 Å². The number of rotatable bonds is 1. The lowest BCUT2D eigenvalue weighted by molar-refractivity contribution is -0.132. The van der Waals surface area contributed by atoms with Crippen molar-refractivity contribution >= 4 is 17.4 Å². The van der Waals surface area contributed by atoms with Crippen LogP contribution >= 0.6 is 11.6 Å². The average molecular weight is 323 g/mol. The van der Waals surface area contributed by atoms with Crippen molar-refractivity contribution in [1.82, 2.24) is 0 Å². The van der Waals surface area contributed by atoms with E-state index in [2.05, 4.69) is 13.0 Å². The third kappa shape index (κ3) is 1.86. The minimum Gasteiger partial charge on any atom is -0.395 e. The summed E-state index contributed by atoms with van der Waals surface area (Å²) in [5.41, 5.74) is 1.32. The van der Waals surface area contributed by atoms with E-state index in [0.29, 0.717) is 23.5 Å². The summed E-state index contributed by atoms with van der Waals surface area (Å²) in [6.07, 6.45) is 10.5. The van der Waals surface area contributed by atoms with Crippen molar-refractivity contribution in [3.63, 3.8) is 0 Å². The fraction of sp³-hybridized carbons (Fsp3) is 0.842. The van der Waals surface area contributed by atoms with E-state index < -0.39 is 0 Å². The quantitative estimate of drug-likeness (QED) is 0.583. The van der Waals surface area contributed by atoms with E-state index >= 15 is 0 Å². The highest BCUT2D eigenvalue weighted by Crippen LogP contribution is 2.64. The predicted octanol–water partition coefficient (Wildman–Crippen LogP) is 4.10. The number of hydrogen-bond donors (Lipinski definition) is 1. The van der Waals surface area contributed by atoms with Gasteiger partial charge in [0.2, 0.25) is 0 Å². The van der Waals surface area contributed by atoms with Crippen LogP contribution in [0.2, 0.25) is 0 Å². The maximum absolute atomic E-state index is 12.4. The third-order valence-electron chi connectivity index (χ3n) is 7.76. The molecule has 0 aliphatic heterocycles. The summed E-state index contributed by atoms with van der Waals surface area (Å²) in [4.78, 5) is 12.4. The van der Waals surface area contributed by atoms with Crippen molar-refractivity contribution in [2.75, 3.05) is 6.61 Å². The highest BCUT2D eigenvalue weighted by atomic mass is 35.5. The van der Waals surface area contributed by atoms with Gasteiger partial charge in [-0.25, -0.2) is 0 Å². The van der Waals surface area contributed by atoms with Crippen LogP contribution in [0.15, 0.2) is 11.6 Å². The van der Waals surface area contributed by atoms with Gasteiger partial charge in [0.15, 0.2) is 0 Å². The Kier molecular flexibility index (Phi) is 3.51. The Morgan fingerprint density at radius 3 is 2.86 bits per heavy atom. The Hall–Kier alpha value is -0.340. The van der Waals surface area contributed by atoms with Gasteiger partial charge in [-0.1, -0.05) is 18.6 Å². The first-order chi connectivity index (χ1) is 10.5. The van der Waals surface area contributed by atoms with Crippen molar-refractivity contribution in [2.24, 2.45) is 28.6 Å². The van der Waals surface area contributed by atoms with Gasteiger partial charge in [-0.2, -0.15) is 0 Å². The number of carbonyl (C=O) groups is 1. The molecule has 4 aliphatic rings. The van der Waals surface area contributed by atoms with Crippen LogP contribution < -0.4 is 0 Å². The molecule has 122 valence electrons. The fourth-order valence-corrected chi connectivity index (χ4v) is 6.75. The van der Waals surface area contributed by atoms with Gasteiger partial charge in [-0.05, 0) is 62.7 Å². The molecule has 0 amide bonds. The molecule has 4 aliphatic carbocycles. The number of aliphatic hydroxyl groups excluding tert-OH is 1. The minimum absolute atomic E-state index is 0.0265. The van der Waals surface area contributed by atoms with E-state index in [1.165, 1.54) is 5.57 Å². The molecule has 3 heteroatoms. The van der Waals surface area contributed by atoms with E-state index in [1.807, 2.05) is 0 Å². The van der Waals surface area contributed by atoms with Gasteiger partial charge in [0.1, 0.15) is 5.78 Å². The molecule has 0 spiro atoms. The maximum Gasteiger partial charge on any atom is 0.139 e. The number of Topliss-reactive ketones (excluding diaryl/α,β-unsaturated/α-hetero) is 1. The van der Waals surface area contributed by atoms with Crippen LogP contribution in [0.1, 0.15) is 58.3 Å². The molecule has 6 atom stereocenters. The van der Waals surface area contributed by atoms with Crippen molar-refractivity contribution in [2.45, 2.75) is 63.7 Å². The van der Waals surface area contributed by atoms with Gasteiger partial charge >= 0.3 is 0 Å². The largest absolute Gasteiger partial charge is 0.395 e. The van der Waals surface area contributed by atoms with Crippen LogP contribution in [0.3, 0.4) is 0 Å². The SMILES string of the molecule is CC12CCC3C(CC=C4CC(Cl)CCC43CO)C1CCC2=O. The zero-order chi connectivity index (χ0) is 15.5. The van der Waals surface area contributed by atoms with Crippen molar-refractivity contribution in [1.29, 1.82) is 0 Å². The van der Waals surface area contributed by atoms with Gasteiger partial charge in [-0.15, -0.1) is 11.6 Å². The lowest BCUT2D eigenvalue weighted by Gasteiger charge is -2.57. The first-order valence-corrected chi connectivity index (χ1v) is 9.42. The summed E-state index contributed by atoms with van der Waals surface area (Å²) in [5, 5.41) is 10.5. The van der Waals surface area contributed by atoms with Crippen LogP contribution in [0.5, 0.6) is 0 Å². The first kappa shape index (κ1) is 15.2. The van der Waals surface area contributed by atoms with Crippen LogP contribution in [0.4, 0.5) is 0 Å². The molecule has 0 heterocycles. The van der Waals surface area contributed by atoms with E-state index in [4.69, 9.17) is 11.6 Å². The molecule has 2 nitrogen and oxygen atoms in total. The number of carbonyl (C=O) groups excluding carboxylic acids is 1. The third-order valence-corrected chi connectivity index (χ3v) is 8.13. The second-order valence-corrected chi connectivity index (χ2v) is 9.03. The predicted molar refractivity (Wildman–Crippen MR) is 87.8 cm³/mol. The smallest absolute Gasteiger partial charge is 0.139 e. The molecule has 0 aromatic rings. The van der Waals surface area contributed by atoms with Gasteiger partial charge in [-0.3, -0.25) is 4.79 Å². The Balaban J connectivity index is 1.72. The van der Waals surface area contributed by atoms with E-state index in [-0.39, 0.29) is 22.8 Å². The normalized spacial score (nSPS) is 50.9. The molecule has 22 heavy (non-hydrogen) atoms. The van der Waals surface area contributed by atoms with Crippen LogP contribution in [0, 0.1) is 28.6 Å². The highest BCUT2D eigenvalue weighted by molar-refractivity contribution is 6.20. The lowest BCUT2D eigenvalue weighted by atomic mass is 9.48. The number of fused-ring (bicyclic) bond motifs is 5. The molecule has 3 fully saturated rings. The molecule has 3 saturated carbocycles.